The van der Waals surface area contributed by atoms with Crippen LogP contribution < -0.4 is 0 Å². The van der Waals surface area contributed by atoms with Crippen LogP contribution in [0.25, 0.3) is 10.1 Å². The summed E-state index contributed by atoms with van der Waals surface area (Å²) in [6, 6.07) is 16.5. The molecule has 1 aliphatic rings. The zero-order valence-corrected chi connectivity index (χ0v) is 14.3. The fraction of sp³-hybridized carbons (Fsp3) is 0.211. The fourth-order valence-electron chi connectivity index (χ4n) is 3.40. The maximum Gasteiger partial charge on any atom is 0.220 e. The molecular weight excluding hydrogens is 326 g/mol. The smallest absolute Gasteiger partial charge is 0.220 e. The summed E-state index contributed by atoms with van der Waals surface area (Å²) in [5, 5.41) is 1.85. The lowest BCUT2D eigenvalue weighted by Crippen LogP contribution is -2.39. The van der Waals surface area contributed by atoms with Crippen LogP contribution in [-0.4, -0.2) is 17.4 Å². The van der Waals surface area contributed by atoms with Crippen LogP contribution in [0.2, 0.25) is 5.02 Å². The molecule has 1 aliphatic heterocycles. The number of benzene rings is 2. The first-order chi connectivity index (χ1) is 11.2. The summed E-state index contributed by atoms with van der Waals surface area (Å²) in [5.41, 5.74) is 2.51. The van der Waals surface area contributed by atoms with Crippen molar-refractivity contribution in [2.24, 2.45) is 0 Å². The van der Waals surface area contributed by atoms with Gasteiger partial charge in [-0.1, -0.05) is 54.1 Å². The molecule has 0 saturated heterocycles. The maximum absolute atomic E-state index is 12.2. The summed E-state index contributed by atoms with van der Waals surface area (Å²) in [5.74, 6) is 0.0954. The normalized spacial score (nSPS) is 17.3. The van der Waals surface area contributed by atoms with Crippen molar-refractivity contribution in [2.75, 3.05) is 6.54 Å². The van der Waals surface area contributed by atoms with E-state index in [1.807, 2.05) is 29.2 Å². The van der Waals surface area contributed by atoms with Crippen LogP contribution in [0.15, 0.2) is 48.5 Å². The second-order valence-electron chi connectivity index (χ2n) is 5.84. The van der Waals surface area contributed by atoms with Gasteiger partial charge in [0.25, 0.3) is 0 Å². The van der Waals surface area contributed by atoms with Crippen LogP contribution in [0.1, 0.15) is 29.0 Å². The number of hydrogen-bond acceptors (Lipinski definition) is 2. The zero-order chi connectivity index (χ0) is 16.0. The number of carbonyl (C=O) groups is 1. The highest BCUT2D eigenvalue weighted by molar-refractivity contribution is 7.19. The number of fused-ring (bicyclic) bond motifs is 2. The minimum atomic E-state index is -0.0812. The third-order valence-corrected chi connectivity index (χ3v) is 6.24. The van der Waals surface area contributed by atoms with Crippen molar-refractivity contribution in [2.45, 2.75) is 19.4 Å². The molecule has 0 N–H and O–H groups in total. The molecule has 0 bridgehead atoms. The van der Waals surface area contributed by atoms with E-state index in [1.165, 1.54) is 15.8 Å². The molecule has 1 aromatic heterocycles. The highest BCUT2D eigenvalue weighted by Crippen LogP contribution is 2.45. The van der Waals surface area contributed by atoms with E-state index < -0.39 is 0 Å². The second kappa shape index (κ2) is 5.66. The Labute approximate surface area is 144 Å². The van der Waals surface area contributed by atoms with E-state index in [9.17, 15) is 4.79 Å². The Kier molecular flexibility index (Phi) is 3.63. The summed E-state index contributed by atoms with van der Waals surface area (Å²) in [4.78, 5) is 15.2. The van der Waals surface area contributed by atoms with Crippen molar-refractivity contribution in [3.05, 3.63) is 69.6 Å². The quantitative estimate of drug-likeness (QED) is 0.606. The standard InChI is InChI=1S/C19H16ClNOS/c1-12(22)21-11-10-13-6-2-3-7-14(13)18(21)19-17(20)15-8-4-5-9-16(15)23-19/h2-9,18H,10-11H2,1H3. The zero-order valence-electron chi connectivity index (χ0n) is 12.8. The first-order valence-corrected chi connectivity index (χ1v) is 8.88. The van der Waals surface area contributed by atoms with Crippen LogP contribution in [0.5, 0.6) is 0 Å². The second-order valence-corrected chi connectivity index (χ2v) is 7.30. The third kappa shape index (κ3) is 2.35. The maximum atomic E-state index is 12.2. The van der Waals surface area contributed by atoms with Gasteiger partial charge in [-0.3, -0.25) is 4.79 Å². The van der Waals surface area contributed by atoms with Crippen molar-refractivity contribution in [3.8, 4) is 0 Å². The predicted molar refractivity (Wildman–Crippen MR) is 96.2 cm³/mol. The molecule has 0 aliphatic carbocycles. The first kappa shape index (κ1) is 14.7. The van der Waals surface area contributed by atoms with Gasteiger partial charge in [0.15, 0.2) is 0 Å². The molecule has 4 rings (SSSR count). The summed E-state index contributed by atoms with van der Waals surface area (Å²) >= 11 is 8.39. The third-order valence-electron chi connectivity index (χ3n) is 4.50. The van der Waals surface area contributed by atoms with E-state index in [-0.39, 0.29) is 11.9 Å². The van der Waals surface area contributed by atoms with E-state index in [0.717, 1.165) is 28.3 Å². The lowest BCUT2D eigenvalue weighted by atomic mass is 9.91. The van der Waals surface area contributed by atoms with Gasteiger partial charge < -0.3 is 4.90 Å². The first-order valence-electron chi connectivity index (χ1n) is 7.68. The average Bonchev–Trinajstić information content (AvgIpc) is 2.90. The number of carbonyl (C=O) groups excluding carboxylic acids is 1. The molecule has 0 spiro atoms. The van der Waals surface area contributed by atoms with E-state index in [0.29, 0.717) is 0 Å². The summed E-state index contributed by atoms with van der Waals surface area (Å²) in [6.45, 7) is 2.38. The summed E-state index contributed by atoms with van der Waals surface area (Å²) in [6.07, 6.45) is 0.898. The number of thiophene rings is 1. The van der Waals surface area contributed by atoms with E-state index >= 15 is 0 Å². The average molecular weight is 342 g/mol. The Morgan fingerprint density at radius 2 is 1.91 bits per heavy atom. The van der Waals surface area contributed by atoms with Gasteiger partial charge in [-0.15, -0.1) is 11.3 Å². The summed E-state index contributed by atoms with van der Waals surface area (Å²) in [7, 11) is 0. The van der Waals surface area contributed by atoms with Crippen LogP contribution in [0.4, 0.5) is 0 Å². The molecule has 4 heteroatoms. The Bertz CT molecular complexity index is 901. The molecule has 0 saturated carbocycles. The van der Waals surface area contributed by atoms with E-state index in [2.05, 4.69) is 24.3 Å². The van der Waals surface area contributed by atoms with Gasteiger partial charge in [-0.2, -0.15) is 0 Å². The number of amides is 1. The van der Waals surface area contributed by atoms with Crippen LogP contribution in [0, 0.1) is 0 Å². The topological polar surface area (TPSA) is 20.3 Å². The van der Waals surface area contributed by atoms with Gasteiger partial charge in [0.05, 0.1) is 15.9 Å². The Morgan fingerprint density at radius 1 is 1.17 bits per heavy atom. The molecule has 116 valence electrons. The van der Waals surface area contributed by atoms with E-state index in [4.69, 9.17) is 11.6 Å². The molecule has 2 heterocycles. The molecule has 1 unspecified atom stereocenters. The molecule has 2 nitrogen and oxygen atoms in total. The molecule has 1 atom stereocenters. The monoisotopic (exact) mass is 341 g/mol. The Balaban J connectivity index is 1.95. The lowest BCUT2D eigenvalue weighted by molar-refractivity contribution is -0.130. The van der Waals surface area contributed by atoms with Gasteiger partial charge in [-0.25, -0.2) is 0 Å². The van der Waals surface area contributed by atoms with Crippen molar-refractivity contribution in [3.63, 3.8) is 0 Å². The molecular formula is C19H16ClNOS. The summed E-state index contributed by atoms with van der Waals surface area (Å²) < 4.78 is 1.17. The number of nitrogens with zero attached hydrogens (tertiary/aromatic N) is 1. The fourth-order valence-corrected chi connectivity index (χ4v) is 5.07. The van der Waals surface area contributed by atoms with Crippen LogP contribution >= 0.6 is 22.9 Å². The van der Waals surface area contributed by atoms with Gasteiger partial charge in [-0.05, 0) is 23.6 Å². The molecule has 1 amide bonds. The van der Waals surface area contributed by atoms with E-state index in [1.54, 1.807) is 18.3 Å². The largest absolute Gasteiger partial charge is 0.331 e. The van der Waals surface area contributed by atoms with Crippen LogP contribution in [-0.2, 0) is 11.2 Å². The highest BCUT2D eigenvalue weighted by atomic mass is 35.5. The number of hydrogen-bond donors (Lipinski definition) is 0. The highest BCUT2D eigenvalue weighted by Gasteiger charge is 2.33. The lowest BCUT2D eigenvalue weighted by Gasteiger charge is -2.36. The van der Waals surface area contributed by atoms with Crippen molar-refractivity contribution in [1.29, 1.82) is 0 Å². The number of rotatable bonds is 1. The van der Waals surface area contributed by atoms with Crippen LogP contribution in [0.3, 0.4) is 0 Å². The number of halogens is 1. The van der Waals surface area contributed by atoms with Crippen molar-refractivity contribution < 1.29 is 4.79 Å². The van der Waals surface area contributed by atoms with Crippen molar-refractivity contribution in [1.82, 2.24) is 4.90 Å². The van der Waals surface area contributed by atoms with Gasteiger partial charge >= 0.3 is 0 Å². The van der Waals surface area contributed by atoms with Gasteiger partial charge in [0.1, 0.15) is 0 Å². The minimum absolute atomic E-state index is 0.0812. The Hall–Kier alpha value is -1.84. The minimum Gasteiger partial charge on any atom is -0.331 e. The molecule has 23 heavy (non-hydrogen) atoms. The Morgan fingerprint density at radius 3 is 2.70 bits per heavy atom. The molecule has 3 aromatic rings. The predicted octanol–water partition coefficient (Wildman–Crippen LogP) is 5.05. The SMILES string of the molecule is CC(=O)N1CCc2ccccc2C1c1sc2ccccc2c1Cl. The molecule has 0 fully saturated rings. The van der Waals surface area contributed by atoms with Gasteiger partial charge in [0, 0.05) is 23.6 Å². The molecule has 2 aromatic carbocycles. The van der Waals surface area contributed by atoms with Gasteiger partial charge in [0.2, 0.25) is 5.91 Å². The molecule has 0 radical (unpaired) electrons. The van der Waals surface area contributed by atoms with Crippen molar-refractivity contribution >= 4 is 38.9 Å².